The Labute approximate surface area is 135 Å². The number of piperidine rings is 3. The molecule has 2 aromatic rings. The van der Waals surface area contributed by atoms with E-state index in [1.54, 1.807) is 18.5 Å². The monoisotopic (exact) mass is 314 g/mol. The lowest BCUT2D eigenvalue weighted by atomic mass is 9.84. The molecule has 0 radical (unpaired) electrons. The first-order chi connectivity index (χ1) is 11.2. The number of nitrogens with zero attached hydrogens (tertiary/aromatic N) is 3. The van der Waals surface area contributed by atoms with Gasteiger partial charge in [-0.3, -0.25) is 0 Å². The van der Waals surface area contributed by atoms with Crippen molar-refractivity contribution in [3.05, 3.63) is 30.1 Å². The van der Waals surface area contributed by atoms with Crippen molar-refractivity contribution in [1.82, 2.24) is 19.8 Å². The van der Waals surface area contributed by atoms with Gasteiger partial charge in [0, 0.05) is 25.7 Å². The minimum absolute atomic E-state index is 0.322. The summed E-state index contributed by atoms with van der Waals surface area (Å²) in [6.45, 7) is 5.22. The maximum atomic E-state index is 11.4. The molecule has 0 spiro atoms. The number of aromatic carboxylic acids is 1. The summed E-state index contributed by atoms with van der Waals surface area (Å²) < 4.78 is 1.95. The normalized spacial score (nSPS) is 26.7. The first-order valence-corrected chi connectivity index (χ1v) is 8.35. The minimum Gasteiger partial charge on any atom is -0.478 e. The molecule has 1 aromatic heterocycles. The van der Waals surface area contributed by atoms with Crippen molar-refractivity contribution in [1.29, 1.82) is 0 Å². The smallest absolute Gasteiger partial charge is 0.337 e. The zero-order chi connectivity index (χ0) is 15.8. The molecule has 2 N–H and O–H groups in total. The van der Waals surface area contributed by atoms with E-state index in [4.69, 9.17) is 0 Å². The first kappa shape index (κ1) is 14.7. The molecular formula is C17H22N4O2. The summed E-state index contributed by atoms with van der Waals surface area (Å²) in [5.41, 5.74) is 1.78. The second kappa shape index (κ2) is 5.94. The van der Waals surface area contributed by atoms with Gasteiger partial charge in [-0.15, -0.1) is 0 Å². The van der Waals surface area contributed by atoms with Crippen LogP contribution in [0.25, 0.3) is 11.0 Å². The van der Waals surface area contributed by atoms with Gasteiger partial charge in [-0.05, 0) is 44.0 Å². The molecule has 3 aliphatic heterocycles. The molecule has 1 atom stereocenters. The molecule has 0 saturated carbocycles. The van der Waals surface area contributed by atoms with Crippen LogP contribution in [0.5, 0.6) is 0 Å². The predicted molar refractivity (Wildman–Crippen MR) is 87.6 cm³/mol. The van der Waals surface area contributed by atoms with Gasteiger partial charge < -0.3 is 19.9 Å². The maximum absolute atomic E-state index is 11.4. The highest BCUT2D eigenvalue weighted by Crippen LogP contribution is 2.27. The van der Waals surface area contributed by atoms with Crippen LogP contribution in [-0.4, -0.2) is 57.7 Å². The summed E-state index contributed by atoms with van der Waals surface area (Å²) in [5.74, 6) is -0.100. The van der Waals surface area contributed by atoms with E-state index in [0.29, 0.717) is 11.6 Å². The van der Waals surface area contributed by atoms with Gasteiger partial charge in [0.15, 0.2) is 0 Å². The Morgan fingerprint density at radius 1 is 1.35 bits per heavy atom. The van der Waals surface area contributed by atoms with Crippen molar-refractivity contribution >= 4 is 17.0 Å². The lowest BCUT2D eigenvalue weighted by molar-refractivity contribution is 0.0698. The van der Waals surface area contributed by atoms with Gasteiger partial charge in [0.1, 0.15) is 0 Å². The number of carbonyl (C=O) groups is 1. The number of nitrogens with one attached hydrogen (secondary N) is 1. The third kappa shape index (κ3) is 2.72. The van der Waals surface area contributed by atoms with Crippen molar-refractivity contribution in [2.24, 2.45) is 5.92 Å². The van der Waals surface area contributed by atoms with E-state index in [0.717, 1.165) is 36.6 Å². The molecule has 4 heterocycles. The molecule has 6 heteroatoms. The lowest BCUT2D eigenvalue weighted by Crippen LogP contribution is -2.56. The van der Waals surface area contributed by atoms with Crippen LogP contribution < -0.4 is 5.32 Å². The molecule has 1 unspecified atom stereocenters. The summed E-state index contributed by atoms with van der Waals surface area (Å²) in [7, 11) is 0. The Bertz CT molecular complexity index is 718. The molecule has 0 aliphatic carbocycles. The molecule has 3 fully saturated rings. The number of rotatable bonds is 5. The van der Waals surface area contributed by atoms with E-state index >= 15 is 0 Å². The maximum Gasteiger partial charge on any atom is 0.337 e. The molecule has 5 rings (SSSR count). The fraction of sp³-hybridized carbons (Fsp3) is 0.529. The molecule has 2 bridgehead atoms. The second-order valence-corrected chi connectivity index (χ2v) is 6.62. The third-order valence-corrected chi connectivity index (χ3v) is 5.28. The quantitative estimate of drug-likeness (QED) is 0.873. The largest absolute Gasteiger partial charge is 0.478 e. The fourth-order valence-electron chi connectivity index (χ4n) is 4.04. The Balaban J connectivity index is 1.45. The highest BCUT2D eigenvalue weighted by Gasteiger charge is 2.33. The van der Waals surface area contributed by atoms with Crippen LogP contribution in [0.4, 0.5) is 0 Å². The van der Waals surface area contributed by atoms with Crippen LogP contribution in [-0.2, 0) is 6.54 Å². The van der Waals surface area contributed by atoms with Crippen LogP contribution in [0.15, 0.2) is 24.5 Å². The standard InChI is InChI=1S/C17H22N4O2/c22-17(23)13-2-1-3-14-16(13)21(11-19-14)9-6-18-15-10-20-7-4-12(15)5-8-20/h1-3,11-12,15,18H,4-10H2,(H,22,23). The van der Waals surface area contributed by atoms with Gasteiger partial charge in [-0.1, -0.05) is 6.07 Å². The van der Waals surface area contributed by atoms with E-state index in [1.807, 2.05) is 10.6 Å². The topological polar surface area (TPSA) is 70.4 Å². The number of para-hydroxylation sites is 1. The summed E-state index contributed by atoms with van der Waals surface area (Å²) in [4.78, 5) is 18.3. The van der Waals surface area contributed by atoms with E-state index in [9.17, 15) is 9.90 Å². The fourth-order valence-corrected chi connectivity index (χ4v) is 4.04. The number of imidazole rings is 1. The van der Waals surface area contributed by atoms with Crippen molar-refractivity contribution in [3.8, 4) is 0 Å². The minimum atomic E-state index is -0.900. The van der Waals surface area contributed by atoms with E-state index < -0.39 is 5.97 Å². The SMILES string of the molecule is O=C(O)c1cccc2ncn(CCNC3CN4CCC3CC4)c12. The molecule has 3 saturated heterocycles. The summed E-state index contributed by atoms with van der Waals surface area (Å²) in [5, 5.41) is 13.0. The van der Waals surface area contributed by atoms with Gasteiger partial charge in [0.2, 0.25) is 0 Å². The van der Waals surface area contributed by atoms with Gasteiger partial charge in [-0.2, -0.15) is 0 Å². The Kier molecular flexibility index (Phi) is 3.79. The van der Waals surface area contributed by atoms with Crippen LogP contribution in [0.1, 0.15) is 23.2 Å². The molecule has 1 aromatic carbocycles. The number of aromatic nitrogens is 2. The van der Waals surface area contributed by atoms with Crippen molar-refractivity contribution in [2.75, 3.05) is 26.2 Å². The van der Waals surface area contributed by atoms with Gasteiger partial charge in [-0.25, -0.2) is 9.78 Å². The molecular weight excluding hydrogens is 292 g/mol. The first-order valence-electron chi connectivity index (χ1n) is 8.35. The Morgan fingerprint density at radius 2 is 2.17 bits per heavy atom. The average molecular weight is 314 g/mol. The van der Waals surface area contributed by atoms with Crippen LogP contribution in [0.3, 0.4) is 0 Å². The molecule has 6 nitrogen and oxygen atoms in total. The molecule has 0 amide bonds. The molecule has 122 valence electrons. The van der Waals surface area contributed by atoms with Crippen molar-refractivity contribution in [3.63, 3.8) is 0 Å². The summed E-state index contributed by atoms with van der Waals surface area (Å²) in [6, 6.07) is 5.82. The van der Waals surface area contributed by atoms with E-state index in [2.05, 4.69) is 15.2 Å². The number of hydrogen-bond donors (Lipinski definition) is 2. The second-order valence-electron chi connectivity index (χ2n) is 6.62. The third-order valence-electron chi connectivity index (χ3n) is 5.28. The summed E-state index contributed by atoms with van der Waals surface area (Å²) in [6.07, 6.45) is 4.35. The summed E-state index contributed by atoms with van der Waals surface area (Å²) >= 11 is 0. The van der Waals surface area contributed by atoms with E-state index in [-0.39, 0.29) is 0 Å². The Hall–Kier alpha value is -1.92. The lowest BCUT2D eigenvalue weighted by Gasteiger charge is -2.45. The average Bonchev–Trinajstić information content (AvgIpc) is 2.99. The van der Waals surface area contributed by atoms with Crippen molar-refractivity contribution < 1.29 is 9.90 Å². The zero-order valence-electron chi connectivity index (χ0n) is 13.1. The number of fused-ring (bicyclic) bond motifs is 4. The number of carboxylic acid groups (broad SMARTS) is 1. The predicted octanol–water partition coefficient (Wildman–Crippen LogP) is 1.42. The highest BCUT2D eigenvalue weighted by atomic mass is 16.4. The zero-order valence-corrected chi connectivity index (χ0v) is 13.1. The molecule has 23 heavy (non-hydrogen) atoms. The van der Waals surface area contributed by atoms with E-state index in [1.165, 1.54) is 25.9 Å². The van der Waals surface area contributed by atoms with Crippen LogP contribution in [0.2, 0.25) is 0 Å². The highest BCUT2D eigenvalue weighted by molar-refractivity contribution is 6.01. The van der Waals surface area contributed by atoms with Gasteiger partial charge in [0.25, 0.3) is 0 Å². The van der Waals surface area contributed by atoms with Gasteiger partial charge in [0.05, 0.1) is 22.9 Å². The number of benzene rings is 1. The number of carboxylic acids is 1. The van der Waals surface area contributed by atoms with Crippen LogP contribution in [0, 0.1) is 5.92 Å². The molecule has 3 aliphatic rings. The van der Waals surface area contributed by atoms with Crippen molar-refractivity contribution in [2.45, 2.75) is 25.4 Å². The van der Waals surface area contributed by atoms with Crippen LogP contribution >= 0.6 is 0 Å². The Morgan fingerprint density at radius 3 is 2.87 bits per heavy atom. The van der Waals surface area contributed by atoms with Gasteiger partial charge >= 0.3 is 5.97 Å². The number of hydrogen-bond acceptors (Lipinski definition) is 4.